The van der Waals surface area contributed by atoms with E-state index in [0.717, 1.165) is 18.2 Å². The van der Waals surface area contributed by atoms with E-state index in [9.17, 15) is 14.5 Å². The minimum atomic E-state index is -0.597. The van der Waals surface area contributed by atoms with Crippen LogP contribution in [0, 0.1) is 15.9 Å². The van der Waals surface area contributed by atoms with Gasteiger partial charge in [-0.2, -0.15) is 5.10 Å². The number of nitrogens with zero attached hydrogens (tertiary/aromatic N) is 3. The van der Waals surface area contributed by atoms with E-state index in [1.165, 1.54) is 12.1 Å². The van der Waals surface area contributed by atoms with Crippen LogP contribution in [0.1, 0.15) is 11.3 Å². The third-order valence-corrected chi connectivity index (χ3v) is 2.81. The first-order valence-corrected chi connectivity index (χ1v) is 6.18. The number of nitro groups is 1. The molecule has 0 aliphatic carbocycles. The van der Waals surface area contributed by atoms with Crippen LogP contribution in [0.5, 0.6) is 0 Å². The Kier molecular flexibility index (Phi) is 4.41. The Labute approximate surface area is 115 Å². The summed E-state index contributed by atoms with van der Waals surface area (Å²) in [5, 5.41) is 18.0. The molecule has 0 atom stereocenters. The summed E-state index contributed by atoms with van der Waals surface area (Å²) in [6, 6.07) is 5.50. The van der Waals surface area contributed by atoms with E-state index in [4.69, 9.17) is 0 Å². The molecule has 0 amide bonds. The van der Waals surface area contributed by atoms with E-state index in [2.05, 4.69) is 10.4 Å². The van der Waals surface area contributed by atoms with Gasteiger partial charge in [0, 0.05) is 38.8 Å². The van der Waals surface area contributed by atoms with Gasteiger partial charge < -0.3 is 5.32 Å². The molecule has 0 saturated heterocycles. The summed E-state index contributed by atoms with van der Waals surface area (Å²) < 4.78 is 14.9. The van der Waals surface area contributed by atoms with Gasteiger partial charge in [-0.1, -0.05) is 0 Å². The molecule has 0 saturated carbocycles. The van der Waals surface area contributed by atoms with Gasteiger partial charge in [0.25, 0.3) is 5.69 Å². The fraction of sp³-hybridized carbons (Fsp3) is 0.308. The Balaban J connectivity index is 1.86. The van der Waals surface area contributed by atoms with Crippen LogP contribution in [0.2, 0.25) is 0 Å². The molecule has 20 heavy (non-hydrogen) atoms. The highest BCUT2D eigenvalue weighted by atomic mass is 19.1. The molecular weight excluding hydrogens is 263 g/mol. The SMILES string of the molecule is Cn1ccc(CCNCc2cc(F)cc([N+](=O)[O-])c2)n1. The molecule has 2 aromatic rings. The van der Waals surface area contributed by atoms with Crippen LogP contribution < -0.4 is 5.32 Å². The minimum absolute atomic E-state index is 0.230. The molecule has 106 valence electrons. The van der Waals surface area contributed by atoms with Gasteiger partial charge in [-0.25, -0.2) is 4.39 Å². The van der Waals surface area contributed by atoms with Crippen LogP contribution in [-0.4, -0.2) is 21.2 Å². The number of non-ortho nitro benzene ring substituents is 1. The van der Waals surface area contributed by atoms with Gasteiger partial charge in [0.05, 0.1) is 16.7 Å². The molecule has 0 fully saturated rings. The monoisotopic (exact) mass is 278 g/mol. The lowest BCUT2D eigenvalue weighted by molar-refractivity contribution is -0.385. The molecule has 6 nitrogen and oxygen atoms in total. The molecule has 0 unspecified atom stereocenters. The summed E-state index contributed by atoms with van der Waals surface area (Å²) in [6.45, 7) is 1.05. The predicted octanol–water partition coefficient (Wildman–Crippen LogP) is 1.80. The van der Waals surface area contributed by atoms with Gasteiger partial charge in [-0.15, -0.1) is 0 Å². The number of nitrogens with one attached hydrogen (secondary N) is 1. The van der Waals surface area contributed by atoms with Crippen molar-refractivity contribution in [3.8, 4) is 0 Å². The molecule has 1 aromatic carbocycles. The van der Waals surface area contributed by atoms with E-state index in [1.807, 2.05) is 19.3 Å². The highest BCUT2D eigenvalue weighted by molar-refractivity contribution is 5.35. The average molecular weight is 278 g/mol. The maximum Gasteiger partial charge on any atom is 0.272 e. The third-order valence-electron chi connectivity index (χ3n) is 2.81. The van der Waals surface area contributed by atoms with Crippen LogP contribution in [0.25, 0.3) is 0 Å². The summed E-state index contributed by atoms with van der Waals surface area (Å²) in [6.07, 6.45) is 2.61. The minimum Gasteiger partial charge on any atom is -0.312 e. The normalized spacial score (nSPS) is 10.7. The second-order valence-corrected chi connectivity index (χ2v) is 4.48. The number of hydrogen-bond acceptors (Lipinski definition) is 4. The molecule has 0 aliphatic heterocycles. The van der Waals surface area contributed by atoms with E-state index in [0.29, 0.717) is 18.7 Å². The maximum atomic E-state index is 13.2. The summed E-state index contributed by atoms with van der Waals surface area (Å²) in [7, 11) is 1.85. The van der Waals surface area contributed by atoms with E-state index < -0.39 is 10.7 Å². The quantitative estimate of drug-likeness (QED) is 0.497. The molecular formula is C13H15FN4O2. The molecule has 0 aliphatic rings. The third kappa shape index (κ3) is 3.86. The number of benzene rings is 1. The predicted molar refractivity (Wildman–Crippen MR) is 71.7 cm³/mol. The van der Waals surface area contributed by atoms with Crippen LogP contribution in [-0.2, 0) is 20.0 Å². The van der Waals surface area contributed by atoms with E-state index >= 15 is 0 Å². The van der Waals surface area contributed by atoms with Crippen molar-refractivity contribution in [2.24, 2.45) is 7.05 Å². The summed E-state index contributed by atoms with van der Waals surface area (Å²) in [5.41, 5.74) is 1.29. The number of hydrogen-bond donors (Lipinski definition) is 1. The fourth-order valence-corrected chi connectivity index (χ4v) is 1.89. The van der Waals surface area contributed by atoms with Gasteiger partial charge in [0.1, 0.15) is 5.82 Å². The molecule has 0 bridgehead atoms. The lowest BCUT2D eigenvalue weighted by Crippen LogP contribution is -2.17. The van der Waals surface area contributed by atoms with Crippen LogP contribution in [0.4, 0.5) is 10.1 Å². The zero-order valence-corrected chi connectivity index (χ0v) is 11.0. The number of aromatic nitrogens is 2. The number of halogens is 1. The van der Waals surface area contributed by atoms with Gasteiger partial charge in [0.2, 0.25) is 0 Å². The highest BCUT2D eigenvalue weighted by Crippen LogP contribution is 2.16. The Morgan fingerprint density at radius 1 is 1.45 bits per heavy atom. The fourth-order valence-electron chi connectivity index (χ4n) is 1.89. The standard InChI is InChI=1S/C13H15FN4O2/c1-17-5-3-12(16-17)2-4-15-9-10-6-11(14)8-13(7-10)18(19)20/h3,5-8,15H,2,4,9H2,1H3. The molecule has 0 radical (unpaired) electrons. The van der Waals surface area contributed by atoms with Gasteiger partial charge in [-0.3, -0.25) is 14.8 Å². The smallest absolute Gasteiger partial charge is 0.272 e. The first-order chi connectivity index (χ1) is 9.54. The zero-order chi connectivity index (χ0) is 14.5. The van der Waals surface area contributed by atoms with Gasteiger partial charge in [0.15, 0.2) is 0 Å². The zero-order valence-electron chi connectivity index (χ0n) is 11.0. The molecule has 2 rings (SSSR count). The largest absolute Gasteiger partial charge is 0.312 e. The number of nitro benzene ring substituents is 1. The van der Waals surface area contributed by atoms with Gasteiger partial charge >= 0.3 is 0 Å². The summed E-state index contributed by atoms with van der Waals surface area (Å²) >= 11 is 0. The van der Waals surface area contributed by atoms with Crippen LogP contribution >= 0.6 is 0 Å². The topological polar surface area (TPSA) is 73.0 Å². The van der Waals surface area contributed by atoms with Gasteiger partial charge in [-0.05, 0) is 17.7 Å². The van der Waals surface area contributed by atoms with Crippen LogP contribution in [0.15, 0.2) is 30.5 Å². The van der Waals surface area contributed by atoms with E-state index in [1.54, 1.807) is 4.68 Å². The van der Waals surface area contributed by atoms with Crippen molar-refractivity contribution < 1.29 is 9.31 Å². The van der Waals surface area contributed by atoms with Crippen molar-refractivity contribution >= 4 is 5.69 Å². The number of rotatable bonds is 6. The highest BCUT2D eigenvalue weighted by Gasteiger charge is 2.09. The van der Waals surface area contributed by atoms with E-state index in [-0.39, 0.29) is 5.69 Å². The van der Waals surface area contributed by atoms with Crippen LogP contribution in [0.3, 0.4) is 0 Å². The van der Waals surface area contributed by atoms with Crippen molar-refractivity contribution in [2.45, 2.75) is 13.0 Å². The summed E-state index contributed by atoms with van der Waals surface area (Å²) in [5.74, 6) is -0.597. The maximum absolute atomic E-state index is 13.2. The first kappa shape index (κ1) is 14.1. The van der Waals surface area contributed by atoms with Crippen molar-refractivity contribution in [2.75, 3.05) is 6.54 Å². The average Bonchev–Trinajstić information content (AvgIpc) is 2.80. The van der Waals surface area contributed by atoms with Crippen molar-refractivity contribution in [1.29, 1.82) is 0 Å². The van der Waals surface area contributed by atoms with Crippen molar-refractivity contribution in [3.05, 3.63) is 57.7 Å². The Bertz CT molecular complexity index is 612. The summed E-state index contributed by atoms with van der Waals surface area (Å²) in [4.78, 5) is 10.0. The second kappa shape index (κ2) is 6.25. The molecule has 7 heteroatoms. The lowest BCUT2D eigenvalue weighted by atomic mass is 10.2. The first-order valence-electron chi connectivity index (χ1n) is 6.18. The molecule has 1 heterocycles. The molecule has 1 N–H and O–H groups in total. The van der Waals surface area contributed by atoms with Crippen molar-refractivity contribution in [1.82, 2.24) is 15.1 Å². The Hall–Kier alpha value is -2.28. The second-order valence-electron chi connectivity index (χ2n) is 4.48. The Morgan fingerprint density at radius 2 is 2.25 bits per heavy atom. The molecule has 1 aromatic heterocycles. The lowest BCUT2D eigenvalue weighted by Gasteiger charge is -2.04. The Morgan fingerprint density at radius 3 is 2.90 bits per heavy atom. The molecule has 0 spiro atoms. The number of aryl methyl sites for hydroxylation is 1. The van der Waals surface area contributed by atoms with Crippen molar-refractivity contribution in [3.63, 3.8) is 0 Å².